The van der Waals surface area contributed by atoms with Gasteiger partial charge in [0.15, 0.2) is 7.14 Å². The molecule has 0 aliphatic heterocycles. The van der Waals surface area contributed by atoms with Gasteiger partial charge in [-0.3, -0.25) is 0 Å². The molecule has 0 saturated carbocycles. The molecule has 0 atom stereocenters. The Morgan fingerprint density at radius 2 is 0.947 bits per heavy atom. The molecule has 38 heavy (non-hydrogen) atoms. The summed E-state index contributed by atoms with van der Waals surface area (Å²) in [5.41, 5.74) is -2.77. The Bertz CT molecular complexity index is 1690. The third-order valence-electron chi connectivity index (χ3n) is 6.31. The largest absolute Gasteiger partial charge is 0.416 e. The molecular formula is C28H15F8OP. The smallest absolute Gasteiger partial charge is 0.308 e. The molecule has 5 rings (SSSR count). The second-order valence-electron chi connectivity index (χ2n) is 8.60. The summed E-state index contributed by atoms with van der Waals surface area (Å²) in [5, 5.41) is -0.683. The molecule has 0 spiro atoms. The van der Waals surface area contributed by atoms with Crippen molar-refractivity contribution < 1.29 is 39.7 Å². The van der Waals surface area contributed by atoms with Crippen molar-refractivity contribution in [2.24, 2.45) is 0 Å². The molecule has 5 aromatic carbocycles. The summed E-state index contributed by atoms with van der Waals surface area (Å²) in [4.78, 5) is 0. The number of alkyl halides is 6. The van der Waals surface area contributed by atoms with E-state index < -0.39 is 52.9 Å². The van der Waals surface area contributed by atoms with Gasteiger partial charge in [0.25, 0.3) is 0 Å². The Balaban J connectivity index is 1.99. The number of hydrogen-bond acceptors (Lipinski definition) is 1. The monoisotopic (exact) mass is 550 g/mol. The van der Waals surface area contributed by atoms with Crippen LogP contribution in [0.1, 0.15) is 11.1 Å². The second-order valence-corrected chi connectivity index (χ2v) is 11.3. The molecule has 1 nitrogen and oxygen atoms in total. The van der Waals surface area contributed by atoms with E-state index in [9.17, 15) is 26.3 Å². The number of fused-ring (bicyclic) bond motifs is 3. The van der Waals surface area contributed by atoms with Crippen LogP contribution in [0.3, 0.4) is 0 Å². The summed E-state index contributed by atoms with van der Waals surface area (Å²) in [7, 11) is -5.04. The van der Waals surface area contributed by atoms with E-state index in [2.05, 4.69) is 0 Å². The van der Waals surface area contributed by atoms with Crippen LogP contribution in [0.5, 0.6) is 0 Å². The quantitative estimate of drug-likeness (QED) is 0.127. The summed E-state index contributed by atoms with van der Waals surface area (Å²) in [5.74, 6) is -2.76. The van der Waals surface area contributed by atoms with Gasteiger partial charge in [0.1, 0.15) is 11.6 Å². The maximum Gasteiger partial charge on any atom is 0.416 e. The first-order chi connectivity index (χ1) is 17.8. The van der Waals surface area contributed by atoms with Crippen LogP contribution in [0.2, 0.25) is 0 Å². The molecule has 0 N–H and O–H groups in total. The number of rotatable bonds is 3. The standard InChI is InChI=1S/C28H15F8OP/c29-22-11-9-17(27(31,32)33)14-25(22)38(37,26-15-18(28(34,35)36)10-12-23(26)30)24-13-16-5-1-2-6-19(16)20-7-3-4-8-21(20)24/h1-15H. The van der Waals surface area contributed by atoms with Crippen LogP contribution >= 0.6 is 7.14 Å². The summed E-state index contributed by atoms with van der Waals surface area (Å²) in [6.45, 7) is 0. The van der Waals surface area contributed by atoms with E-state index in [1.54, 1.807) is 36.4 Å². The Morgan fingerprint density at radius 1 is 0.500 bits per heavy atom. The lowest BCUT2D eigenvalue weighted by molar-refractivity contribution is -0.138. The fourth-order valence-electron chi connectivity index (χ4n) is 4.54. The fraction of sp³-hybridized carbons (Fsp3) is 0.0714. The molecule has 0 bridgehead atoms. The van der Waals surface area contributed by atoms with Crippen LogP contribution < -0.4 is 15.9 Å². The first-order valence-corrected chi connectivity index (χ1v) is 12.8. The Morgan fingerprint density at radius 3 is 1.45 bits per heavy atom. The molecule has 0 amide bonds. The minimum Gasteiger partial charge on any atom is -0.308 e. The predicted molar refractivity (Wildman–Crippen MR) is 131 cm³/mol. The molecule has 0 aromatic heterocycles. The summed E-state index contributed by atoms with van der Waals surface area (Å²) < 4.78 is 127. The van der Waals surface area contributed by atoms with Crippen molar-refractivity contribution in [3.63, 3.8) is 0 Å². The van der Waals surface area contributed by atoms with E-state index in [0.29, 0.717) is 40.4 Å². The van der Waals surface area contributed by atoms with Crippen molar-refractivity contribution >= 4 is 44.6 Å². The third kappa shape index (κ3) is 4.25. The maximum atomic E-state index is 15.3. The highest BCUT2D eigenvalue weighted by Gasteiger charge is 2.41. The lowest BCUT2D eigenvalue weighted by Gasteiger charge is -2.25. The SMILES string of the molecule is O=P(c1cc(C(F)(F)F)ccc1F)(c1cc(C(F)(F)F)ccc1F)c1cc2ccccc2c2ccccc12. The Kier molecular flexibility index (Phi) is 6.10. The third-order valence-corrected chi connectivity index (χ3v) is 9.40. The Labute approximate surface area is 210 Å². The second kappa shape index (κ2) is 8.95. The summed E-state index contributed by atoms with van der Waals surface area (Å²) in [6.07, 6.45) is -9.99. The summed E-state index contributed by atoms with van der Waals surface area (Å²) >= 11 is 0. The highest BCUT2D eigenvalue weighted by molar-refractivity contribution is 7.85. The molecule has 194 valence electrons. The lowest BCUT2D eigenvalue weighted by Crippen LogP contribution is -2.31. The fourth-order valence-corrected chi connectivity index (χ4v) is 7.57. The van der Waals surface area contributed by atoms with Gasteiger partial charge in [-0.15, -0.1) is 0 Å². The van der Waals surface area contributed by atoms with Gasteiger partial charge >= 0.3 is 12.4 Å². The van der Waals surface area contributed by atoms with Crippen LogP contribution in [-0.2, 0) is 16.9 Å². The van der Waals surface area contributed by atoms with Gasteiger partial charge in [0, 0.05) is 5.30 Å². The predicted octanol–water partition coefficient (Wildman–Crippen LogP) is 7.95. The summed E-state index contributed by atoms with van der Waals surface area (Å²) in [6, 6.07) is 16.5. The molecule has 0 aliphatic rings. The van der Waals surface area contributed by atoms with Crippen LogP contribution in [0, 0.1) is 11.6 Å². The topological polar surface area (TPSA) is 17.1 Å². The number of benzene rings is 5. The van der Waals surface area contributed by atoms with Gasteiger partial charge < -0.3 is 4.57 Å². The van der Waals surface area contributed by atoms with E-state index in [0.717, 1.165) is 0 Å². The average Bonchev–Trinajstić information content (AvgIpc) is 2.87. The van der Waals surface area contributed by atoms with Crippen molar-refractivity contribution in [1.29, 1.82) is 0 Å². The minimum atomic E-state index is -5.04. The van der Waals surface area contributed by atoms with Crippen molar-refractivity contribution in [3.05, 3.63) is 114 Å². The van der Waals surface area contributed by atoms with E-state index in [1.807, 2.05) is 0 Å². The van der Waals surface area contributed by atoms with Gasteiger partial charge in [-0.1, -0.05) is 48.5 Å². The molecular weight excluding hydrogens is 535 g/mol. The van der Waals surface area contributed by atoms with Crippen LogP contribution in [0.15, 0.2) is 91.0 Å². The molecule has 0 radical (unpaired) electrons. The van der Waals surface area contributed by atoms with Gasteiger partial charge in [0.05, 0.1) is 21.7 Å². The zero-order valence-corrected chi connectivity index (χ0v) is 19.9. The van der Waals surface area contributed by atoms with Gasteiger partial charge in [-0.25, -0.2) is 8.78 Å². The molecule has 0 saturated heterocycles. The van der Waals surface area contributed by atoms with E-state index >= 15 is 13.3 Å². The maximum absolute atomic E-state index is 15.3. The van der Waals surface area contributed by atoms with E-state index in [-0.39, 0.29) is 22.8 Å². The van der Waals surface area contributed by atoms with Crippen molar-refractivity contribution in [2.45, 2.75) is 12.4 Å². The van der Waals surface area contributed by atoms with Gasteiger partial charge in [-0.05, 0) is 64.0 Å². The highest BCUT2D eigenvalue weighted by Crippen LogP contribution is 2.48. The average molecular weight is 550 g/mol. The highest BCUT2D eigenvalue weighted by atomic mass is 31.2. The van der Waals surface area contributed by atoms with Crippen LogP contribution in [0.4, 0.5) is 35.1 Å². The number of halogens is 8. The first-order valence-electron chi connectivity index (χ1n) is 11.1. The minimum absolute atomic E-state index is 0.170. The first kappa shape index (κ1) is 25.9. The van der Waals surface area contributed by atoms with Gasteiger partial charge in [-0.2, -0.15) is 26.3 Å². The molecule has 5 aromatic rings. The molecule has 0 aliphatic carbocycles. The van der Waals surface area contributed by atoms with E-state index in [1.165, 1.54) is 18.2 Å². The molecule has 0 heterocycles. The number of hydrogen-bond donors (Lipinski definition) is 0. The molecule has 0 unspecified atom stereocenters. The van der Waals surface area contributed by atoms with Crippen molar-refractivity contribution in [1.82, 2.24) is 0 Å². The zero-order chi connectivity index (χ0) is 27.5. The zero-order valence-electron chi connectivity index (χ0n) is 19.0. The lowest BCUT2D eigenvalue weighted by atomic mass is 10.0. The van der Waals surface area contributed by atoms with Crippen molar-refractivity contribution in [3.8, 4) is 0 Å². The normalized spacial score (nSPS) is 12.8. The molecule has 0 fully saturated rings. The van der Waals surface area contributed by atoms with Gasteiger partial charge in [0.2, 0.25) is 0 Å². The Hall–Kier alpha value is -3.71. The van der Waals surface area contributed by atoms with E-state index in [4.69, 9.17) is 0 Å². The van der Waals surface area contributed by atoms with Crippen LogP contribution in [-0.4, -0.2) is 0 Å². The van der Waals surface area contributed by atoms with Crippen LogP contribution in [0.25, 0.3) is 21.5 Å². The van der Waals surface area contributed by atoms with Crippen molar-refractivity contribution in [2.75, 3.05) is 0 Å². The molecule has 10 heteroatoms.